The van der Waals surface area contributed by atoms with E-state index in [1.807, 2.05) is 36.4 Å². The first-order valence-corrected chi connectivity index (χ1v) is 18.6. The predicted molar refractivity (Wildman–Crippen MR) is 228 cm³/mol. The molecule has 4 heteroatoms. The highest BCUT2D eigenvalue weighted by molar-refractivity contribution is 6.29. The lowest BCUT2D eigenvalue weighted by molar-refractivity contribution is 1.07. The summed E-state index contributed by atoms with van der Waals surface area (Å²) in [5.41, 5.74) is 8.53. The Kier molecular flexibility index (Phi) is 7.14. The van der Waals surface area contributed by atoms with E-state index in [2.05, 4.69) is 162 Å². The molecule has 0 aliphatic carbocycles. The third-order valence-electron chi connectivity index (χ3n) is 10.8. The molecule has 2 heterocycles. The molecule has 2 aromatic heterocycles. The van der Waals surface area contributed by atoms with Crippen molar-refractivity contribution in [2.75, 3.05) is 0 Å². The third kappa shape index (κ3) is 5.03. The van der Waals surface area contributed by atoms with Gasteiger partial charge >= 0.3 is 0 Å². The van der Waals surface area contributed by atoms with Crippen LogP contribution in [0.3, 0.4) is 0 Å². The molecule has 0 saturated heterocycles. The third-order valence-corrected chi connectivity index (χ3v) is 10.8. The molecule has 0 unspecified atom stereocenters. The molecule has 0 bridgehead atoms. The molecule has 0 amide bonds. The fourth-order valence-corrected chi connectivity index (χ4v) is 8.39. The summed E-state index contributed by atoms with van der Waals surface area (Å²) in [6, 6.07) is 68.7. The van der Waals surface area contributed by atoms with E-state index in [-0.39, 0.29) is 0 Å². The van der Waals surface area contributed by atoms with Gasteiger partial charge in [0.05, 0.1) is 11.0 Å². The summed E-state index contributed by atoms with van der Waals surface area (Å²) in [6.07, 6.45) is 0. The molecule has 256 valence electrons. The average molecular weight is 701 g/mol. The molecule has 0 spiro atoms. The molecule has 0 radical (unpaired) electrons. The van der Waals surface area contributed by atoms with Crippen LogP contribution in [0.1, 0.15) is 0 Å². The minimum atomic E-state index is 0.629. The molecule has 0 saturated carbocycles. The number of rotatable bonds is 5. The highest BCUT2D eigenvalue weighted by Gasteiger charge is 2.22. The Morgan fingerprint density at radius 1 is 0.309 bits per heavy atom. The normalized spacial score (nSPS) is 11.6. The van der Waals surface area contributed by atoms with Crippen LogP contribution in [0.2, 0.25) is 0 Å². The van der Waals surface area contributed by atoms with Gasteiger partial charge in [-0.2, -0.15) is 0 Å². The lowest BCUT2D eigenvalue weighted by Gasteiger charge is -2.18. The van der Waals surface area contributed by atoms with Gasteiger partial charge in [-0.3, -0.25) is 0 Å². The number of fused-ring (bicyclic) bond motifs is 9. The summed E-state index contributed by atoms with van der Waals surface area (Å²) in [5.74, 6) is 1.90. The van der Waals surface area contributed by atoms with Crippen LogP contribution in [0.5, 0.6) is 0 Å². The lowest BCUT2D eigenvalue weighted by Crippen LogP contribution is -2.02. The largest absolute Gasteiger partial charge is 0.309 e. The minimum absolute atomic E-state index is 0.629. The number of hydrogen-bond donors (Lipinski definition) is 0. The predicted octanol–water partition coefficient (Wildman–Crippen LogP) is 13.1. The van der Waals surface area contributed by atoms with Crippen molar-refractivity contribution in [1.29, 1.82) is 0 Å². The van der Waals surface area contributed by atoms with Crippen LogP contribution in [0, 0.1) is 0 Å². The van der Waals surface area contributed by atoms with Crippen molar-refractivity contribution in [2.45, 2.75) is 0 Å². The maximum Gasteiger partial charge on any atom is 0.164 e. The Morgan fingerprint density at radius 2 is 0.782 bits per heavy atom. The van der Waals surface area contributed by atoms with Gasteiger partial charge in [-0.1, -0.05) is 176 Å². The van der Waals surface area contributed by atoms with E-state index in [1.54, 1.807) is 0 Å². The molecule has 0 fully saturated rings. The van der Waals surface area contributed by atoms with Crippen molar-refractivity contribution in [2.24, 2.45) is 0 Å². The first kappa shape index (κ1) is 31.1. The van der Waals surface area contributed by atoms with Crippen molar-refractivity contribution in [3.8, 4) is 51.0 Å². The number of aromatic nitrogens is 4. The highest BCUT2D eigenvalue weighted by Crippen LogP contribution is 2.44. The fourth-order valence-electron chi connectivity index (χ4n) is 8.39. The van der Waals surface area contributed by atoms with Gasteiger partial charge in [0, 0.05) is 44.1 Å². The van der Waals surface area contributed by atoms with Crippen LogP contribution < -0.4 is 0 Å². The van der Waals surface area contributed by atoms with Crippen molar-refractivity contribution < 1.29 is 0 Å². The Morgan fingerprint density at radius 3 is 1.42 bits per heavy atom. The second kappa shape index (κ2) is 12.6. The Labute approximate surface area is 317 Å². The van der Waals surface area contributed by atoms with E-state index in [0.29, 0.717) is 17.5 Å². The van der Waals surface area contributed by atoms with Gasteiger partial charge < -0.3 is 4.57 Å². The van der Waals surface area contributed by atoms with E-state index in [9.17, 15) is 0 Å². The van der Waals surface area contributed by atoms with E-state index < -0.39 is 0 Å². The Balaban J connectivity index is 1.33. The van der Waals surface area contributed by atoms with E-state index >= 15 is 0 Å². The smallest absolute Gasteiger partial charge is 0.164 e. The summed E-state index contributed by atoms with van der Waals surface area (Å²) in [4.78, 5) is 15.7. The molecule has 11 rings (SSSR count). The fraction of sp³-hybridized carbons (Fsp3) is 0. The van der Waals surface area contributed by atoms with Gasteiger partial charge in [0.2, 0.25) is 0 Å². The molecule has 11 aromatic rings. The molecule has 0 aliphatic rings. The standard InChI is InChI=1S/C51H32N4/c1-4-17-33(18-5-1)37-28-16-29-43-41-26-14-15-30-46(41)55(48(37)43)36-31-44-40-25-11-10-23-38(40)39-24-12-13-27-42(39)47(44)45(32-36)51-53-49(34-19-6-2-7-20-34)52-50(54-51)35-21-8-3-9-22-35/h1-32H. The summed E-state index contributed by atoms with van der Waals surface area (Å²) in [6.45, 7) is 0. The van der Waals surface area contributed by atoms with Crippen LogP contribution >= 0.6 is 0 Å². The zero-order valence-electron chi connectivity index (χ0n) is 29.8. The monoisotopic (exact) mass is 700 g/mol. The molecular formula is C51H32N4. The van der Waals surface area contributed by atoms with Crippen LogP contribution in [0.15, 0.2) is 194 Å². The van der Waals surface area contributed by atoms with Crippen LogP contribution in [-0.2, 0) is 0 Å². The maximum atomic E-state index is 5.32. The quantitative estimate of drug-likeness (QED) is 0.168. The van der Waals surface area contributed by atoms with Crippen LogP contribution in [0.25, 0.3) is 105 Å². The SMILES string of the molecule is c1ccc(-c2nc(-c3ccccc3)nc(-c3cc(-n4c5ccccc5c5cccc(-c6ccccc6)c54)cc4c5ccccc5c5ccccc5c34)n2)cc1. The summed E-state index contributed by atoms with van der Waals surface area (Å²) in [5, 5.41) is 9.43. The van der Waals surface area contributed by atoms with Crippen LogP contribution in [-0.4, -0.2) is 19.5 Å². The van der Waals surface area contributed by atoms with Gasteiger partial charge in [0.25, 0.3) is 0 Å². The Bertz CT molecular complexity index is 3180. The van der Waals surface area contributed by atoms with Gasteiger partial charge in [0.1, 0.15) is 0 Å². The molecule has 0 N–H and O–H groups in total. The minimum Gasteiger partial charge on any atom is -0.309 e. The van der Waals surface area contributed by atoms with E-state index in [4.69, 9.17) is 15.0 Å². The Hall–Kier alpha value is -7.43. The number of para-hydroxylation sites is 2. The van der Waals surface area contributed by atoms with Gasteiger partial charge in [0.15, 0.2) is 17.5 Å². The summed E-state index contributed by atoms with van der Waals surface area (Å²) >= 11 is 0. The molecular weight excluding hydrogens is 669 g/mol. The van der Waals surface area contributed by atoms with Crippen molar-refractivity contribution in [3.63, 3.8) is 0 Å². The van der Waals surface area contributed by atoms with Gasteiger partial charge in [-0.25, -0.2) is 15.0 Å². The number of benzene rings is 9. The summed E-state index contributed by atoms with van der Waals surface area (Å²) < 4.78 is 2.44. The summed E-state index contributed by atoms with van der Waals surface area (Å²) in [7, 11) is 0. The topological polar surface area (TPSA) is 43.6 Å². The average Bonchev–Trinajstić information content (AvgIpc) is 3.61. The van der Waals surface area contributed by atoms with E-state index in [1.165, 1.54) is 38.1 Å². The second-order valence-electron chi connectivity index (χ2n) is 14.0. The van der Waals surface area contributed by atoms with Crippen molar-refractivity contribution in [1.82, 2.24) is 19.5 Å². The first-order chi connectivity index (χ1) is 27.3. The van der Waals surface area contributed by atoms with Crippen molar-refractivity contribution >= 4 is 54.1 Å². The van der Waals surface area contributed by atoms with Gasteiger partial charge in [-0.05, 0) is 50.7 Å². The van der Waals surface area contributed by atoms with E-state index in [0.717, 1.165) is 49.6 Å². The molecule has 55 heavy (non-hydrogen) atoms. The zero-order valence-corrected chi connectivity index (χ0v) is 29.8. The van der Waals surface area contributed by atoms with Gasteiger partial charge in [-0.15, -0.1) is 0 Å². The zero-order chi connectivity index (χ0) is 36.3. The maximum absolute atomic E-state index is 5.32. The lowest BCUT2D eigenvalue weighted by atomic mass is 9.90. The van der Waals surface area contributed by atoms with Crippen LogP contribution in [0.4, 0.5) is 0 Å². The number of nitrogens with zero attached hydrogens (tertiary/aromatic N) is 4. The molecule has 9 aromatic carbocycles. The van der Waals surface area contributed by atoms with Crippen molar-refractivity contribution in [3.05, 3.63) is 194 Å². The first-order valence-electron chi connectivity index (χ1n) is 18.6. The highest BCUT2D eigenvalue weighted by atomic mass is 15.0. The number of hydrogen-bond acceptors (Lipinski definition) is 3. The molecule has 0 atom stereocenters. The molecule has 4 nitrogen and oxygen atoms in total. The molecule has 0 aliphatic heterocycles. The second-order valence-corrected chi connectivity index (χ2v) is 14.0.